The number of hydrogen-bond donors (Lipinski definition) is 3. The quantitative estimate of drug-likeness (QED) is 0.435. The van der Waals surface area contributed by atoms with Crippen molar-refractivity contribution in [3.8, 4) is 0 Å². The van der Waals surface area contributed by atoms with Crippen LogP contribution in [-0.2, 0) is 9.47 Å². The molecule has 0 heterocycles. The number of alkyl carbamates (subject to hydrolysis) is 2. The summed E-state index contributed by atoms with van der Waals surface area (Å²) in [5, 5.41) is 7.69. The van der Waals surface area contributed by atoms with Gasteiger partial charge in [-0.15, -0.1) is 0 Å². The topological polar surface area (TPSA) is 115 Å². The summed E-state index contributed by atoms with van der Waals surface area (Å²) in [6.07, 6.45) is -0.159. The molecule has 0 aromatic heterocycles. The minimum atomic E-state index is -0.730. The maximum absolute atomic E-state index is 11.7. The SMILES string of the molecule is CC(C)(C)OC(=O)NCCC(CN)(CCNC(=O)OC(C)(C)C)N=C=S. The highest BCUT2D eigenvalue weighted by Gasteiger charge is 2.28. The van der Waals surface area contributed by atoms with Crippen LogP contribution in [0.4, 0.5) is 9.59 Å². The molecule has 26 heavy (non-hydrogen) atoms. The number of nitrogens with two attached hydrogens (primary N) is 1. The number of aliphatic imine (C=N–C) groups is 1. The number of carbonyl (C=O) groups is 2. The summed E-state index contributed by atoms with van der Waals surface area (Å²) in [6, 6.07) is 0. The van der Waals surface area contributed by atoms with E-state index < -0.39 is 28.9 Å². The Morgan fingerprint density at radius 3 is 1.62 bits per heavy atom. The van der Waals surface area contributed by atoms with Crippen LogP contribution in [0.1, 0.15) is 54.4 Å². The first-order valence-corrected chi connectivity index (χ1v) is 8.96. The maximum Gasteiger partial charge on any atom is 0.407 e. The van der Waals surface area contributed by atoms with E-state index in [1.165, 1.54) is 0 Å². The summed E-state index contributed by atoms with van der Waals surface area (Å²) in [6.45, 7) is 11.5. The Balaban J connectivity index is 4.59. The Kier molecular flexibility index (Phi) is 9.77. The minimum absolute atomic E-state index is 0.197. The molecule has 150 valence electrons. The number of ether oxygens (including phenoxy) is 2. The third-order valence-corrected chi connectivity index (χ3v) is 3.27. The number of nitrogens with zero attached hydrogens (tertiary/aromatic N) is 1. The lowest BCUT2D eigenvalue weighted by Gasteiger charge is -2.28. The van der Waals surface area contributed by atoms with Crippen molar-refractivity contribution in [2.75, 3.05) is 19.6 Å². The summed E-state index contributed by atoms with van der Waals surface area (Å²) in [5.74, 6) is 0. The Bertz CT molecular complexity index is 486. The van der Waals surface area contributed by atoms with Crippen molar-refractivity contribution >= 4 is 29.6 Å². The number of carbonyl (C=O) groups excluding carboxylic acids is 2. The first kappa shape index (κ1) is 24.3. The van der Waals surface area contributed by atoms with Gasteiger partial charge in [0.2, 0.25) is 0 Å². The van der Waals surface area contributed by atoms with Gasteiger partial charge < -0.3 is 25.8 Å². The predicted octanol–water partition coefficient (Wildman–Crippen LogP) is 2.62. The smallest absolute Gasteiger partial charge is 0.407 e. The van der Waals surface area contributed by atoms with E-state index in [1.54, 1.807) is 41.5 Å². The molecule has 0 rings (SSSR count). The van der Waals surface area contributed by atoms with Crippen LogP contribution in [0.3, 0.4) is 0 Å². The van der Waals surface area contributed by atoms with Gasteiger partial charge >= 0.3 is 12.2 Å². The number of amides is 2. The van der Waals surface area contributed by atoms with Gasteiger partial charge in [-0.1, -0.05) is 0 Å². The van der Waals surface area contributed by atoms with Crippen molar-refractivity contribution in [3.63, 3.8) is 0 Å². The largest absolute Gasteiger partial charge is 0.444 e. The van der Waals surface area contributed by atoms with Gasteiger partial charge in [-0.05, 0) is 66.6 Å². The Labute approximate surface area is 161 Å². The highest BCUT2D eigenvalue weighted by molar-refractivity contribution is 7.78. The van der Waals surface area contributed by atoms with Crippen LogP contribution in [0.2, 0.25) is 0 Å². The van der Waals surface area contributed by atoms with Crippen LogP contribution in [0, 0.1) is 0 Å². The molecule has 0 aromatic rings. The van der Waals surface area contributed by atoms with Crippen molar-refractivity contribution in [1.82, 2.24) is 10.6 Å². The summed E-state index contributed by atoms with van der Waals surface area (Å²) >= 11 is 4.72. The van der Waals surface area contributed by atoms with Gasteiger partial charge in [0.1, 0.15) is 11.2 Å². The number of hydrogen-bond acceptors (Lipinski definition) is 7. The third-order valence-electron chi connectivity index (χ3n) is 3.18. The molecule has 0 unspecified atom stereocenters. The van der Waals surface area contributed by atoms with Crippen LogP contribution in [0.5, 0.6) is 0 Å². The fourth-order valence-corrected chi connectivity index (χ4v) is 2.20. The van der Waals surface area contributed by atoms with Gasteiger partial charge in [-0.3, -0.25) is 0 Å². The lowest BCUT2D eigenvalue weighted by molar-refractivity contribution is 0.0519. The highest BCUT2D eigenvalue weighted by Crippen LogP contribution is 2.19. The van der Waals surface area contributed by atoms with Gasteiger partial charge in [0.15, 0.2) is 0 Å². The van der Waals surface area contributed by atoms with Gasteiger partial charge in [-0.2, -0.15) is 0 Å². The van der Waals surface area contributed by atoms with E-state index >= 15 is 0 Å². The average molecular weight is 389 g/mol. The molecule has 9 heteroatoms. The molecule has 0 saturated heterocycles. The molecule has 0 aliphatic carbocycles. The molecule has 0 fully saturated rings. The molecule has 0 aliphatic rings. The molecule has 0 radical (unpaired) electrons. The second-order valence-corrected chi connectivity index (χ2v) is 8.17. The van der Waals surface area contributed by atoms with E-state index in [0.717, 1.165) is 0 Å². The van der Waals surface area contributed by atoms with E-state index in [0.29, 0.717) is 25.9 Å². The summed E-state index contributed by atoms with van der Waals surface area (Å²) in [7, 11) is 0. The van der Waals surface area contributed by atoms with E-state index in [1.807, 2.05) is 0 Å². The zero-order chi connectivity index (χ0) is 20.4. The number of isothiocyanates is 1. The van der Waals surface area contributed by atoms with E-state index in [-0.39, 0.29) is 6.54 Å². The fourth-order valence-electron chi connectivity index (χ4n) is 2.01. The molecular formula is C17H32N4O4S. The molecule has 0 saturated carbocycles. The Morgan fingerprint density at radius 1 is 0.962 bits per heavy atom. The van der Waals surface area contributed by atoms with Crippen LogP contribution in [0.15, 0.2) is 4.99 Å². The molecule has 0 aromatic carbocycles. The molecule has 0 spiro atoms. The molecule has 4 N–H and O–H groups in total. The standard InChI is InChI=1S/C17H32N4O4S/c1-15(2,3)24-13(22)19-9-7-17(11-18,21-12-26)8-10-20-14(23)25-16(4,5)6/h7-11,18H2,1-6H3,(H,19,22)(H,20,23). The van der Waals surface area contributed by atoms with Gasteiger partial charge in [-0.25, -0.2) is 14.6 Å². The van der Waals surface area contributed by atoms with Crippen molar-refractivity contribution < 1.29 is 19.1 Å². The Morgan fingerprint density at radius 2 is 1.35 bits per heavy atom. The highest BCUT2D eigenvalue weighted by atomic mass is 32.1. The number of nitrogens with one attached hydrogen (secondary N) is 2. The normalized spacial score (nSPS) is 12.0. The zero-order valence-electron chi connectivity index (χ0n) is 16.6. The van der Waals surface area contributed by atoms with E-state index in [4.69, 9.17) is 27.4 Å². The van der Waals surface area contributed by atoms with Crippen molar-refractivity contribution in [2.24, 2.45) is 10.7 Å². The second-order valence-electron chi connectivity index (χ2n) is 7.99. The summed E-state index contributed by atoms with van der Waals surface area (Å²) < 4.78 is 10.4. The lowest BCUT2D eigenvalue weighted by Crippen LogP contribution is -2.43. The first-order chi connectivity index (χ1) is 11.8. The number of rotatable bonds is 8. The maximum atomic E-state index is 11.7. The molecule has 0 aliphatic heterocycles. The van der Waals surface area contributed by atoms with Gasteiger partial charge in [0.25, 0.3) is 0 Å². The van der Waals surface area contributed by atoms with E-state index in [9.17, 15) is 9.59 Å². The number of thiocarbonyl (C=S) groups is 1. The average Bonchev–Trinajstić information content (AvgIpc) is 2.43. The second kappa shape index (κ2) is 10.4. The Hall–Kier alpha value is -1.70. The molecule has 0 bridgehead atoms. The summed E-state index contributed by atoms with van der Waals surface area (Å²) in [5.41, 5.74) is 3.99. The van der Waals surface area contributed by atoms with Crippen molar-refractivity contribution in [2.45, 2.75) is 71.1 Å². The van der Waals surface area contributed by atoms with Crippen LogP contribution >= 0.6 is 12.2 Å². The van der Waals surface area contributed by atoms with Gasteiger partial charge in [0.05, 0.1) is 10.7 Å². The van der Waals surface area contributed by atoms with Crippen LogP contribution in [-0.4, -0.2) is 53.7 Å². The van der Waals surface area contributed by atoms with Crippen LogP contribution < -0.4 is 16.4 Å². The molecular weight excluding hydrogens is 356 g/mol. The zero-order valence-corrected chi connectivity index (χ0v) is 17.4. The predicted molar refractivity (Wildman–Crippen MR) is 105 cm³/mol. The lowest BCUT2D eigenvalue weighted by atomic mass is 9.92. The molecule has 0 atom stereocenters. The third kappa shape index (κ3) is 11.8. The molecule has 2 amide bonds. The van der Waals surface area contributed by atoms with Gasteiger partial charge in [0, 0.05) is 19.6 Å². The summed E-state index contributed by atoms with van der Waals surface area (Å²) in [4.78, 5) is 27.6. The minimum Gasteiger partial charge on any atom is -0.444 e. The van der Waals surface area contributed by atoms with Crippen molar-refractivity contribution in [1.29, 1.82) is 0 Å². The fraction of sp³-hybridized carbons (Fsp3) is 0.824. The van der Waals surface area contributed by atoms with Crippen LogP contribution in [0.25, 0.3) is 0 Å². The van der Waals surface area contributed by atoms with Crippen molar-refractivity contribution in [3.05, 3.63) is 0 Å². The van der Waals surface area contributed by atoms with E-state index in [2.05, 4.69) is 20.8 Å². The monoisotopic (exact) mass is 388 g/mol. The molecule has 8 nitrogen and oxygen atoms in total. The first-order valence-electron chi connectivity index (χ1n) is 8.55.